The zero-order chi connectivity index (χ0) is 14.1. The molecule has 20 heavy (non-hydrogen) atoms. The van der Waals surface area contributed by atoms with Crippen LogP contribution in [0.4, 0.5) is 5.95 Å². The average Bonchev–Trinajstić information content (AvgIpc) is 2.97. The number of anilines is 1. The standard InChI is InChI=1S/C13H15N5O2/c1-7-5-10(7)11-4-3-9(20-11)6-14-17-13-15-12(19)8(2)16-18-13/h3-4,6-7,10H,5H2,1-2H3,(H2,15,17,18,19)/b14-6-/t7-,10+/m1/s1. The second kappa shape index (κ2) is 4.92. The Kier molecular flexibility index (Phi) is 3.09. The monoisotopic (exact) mass is 273 g/mol. The summed E-state index contributed by atoms with van der Waals surface area (Å²) in [6, 6.07) is 3.85. The predicted octanol–water partition coefficient (Wildman–Crippen LogP) is 1.64. The fourth-order valence-corrected chi connectivity index (χ4v) is 1.96. The summed E-state index contributed by atoms with van der Waals surface area (Å²) in [5, 5.41) is 11.4. The molecule has 2 aromatic rings. The number of nitrogens with one attached hydrogen (secondary N) is 2. The minimum absolute atomic E-state index is 0.194. The minimum atomic E-state index is -0.291. The predicted molar refractivity (Wildman–Crippen MR) is 73.8 cm³/mol. The SMILES string of the molecule is Cc1nnc(N/N=C\c2ccc([C@H]3C[C@H]3C)o2)[nH]c1=O. The summed E-state index contributed by atoms with van der Waals surface area (Å²) in [6.45, 7) is 3.79. The first-order valence-corrected chi connectivity index (χ1v) is 6.46. The van der Waals surface area contributed by atoms with Crippen LogP contribution < -0.4 is 11.0 Å². The Labute approximate surface area is 115 Å². The van der Waals surface area contributed by atoms with Crippen molar-refractivity contribution in [1.82, 2.24) is 15.2 Å². The third-order valence-electron chi connectivity index (χ3n) is 3.35. The Morgan fingerprint density at radius 1 is 1.50 bits per heavy atom. The molecule has 1 saturated carbocycles. The topological polar surface area (TPSA) is 96.2 Å². The lowest BCUT2D eigenvalue weighted by atomic mass is 10.3. The van der Waals surface area contributed by atoms with Crippen molar-refractivity contribution in [3.8, 4) is 0 Å². The lowest BCUT2D eigenvalue weighted by Gasteiger charge is -1.97. The van der Waals surface area contributed by atoms with Gasteiger partial charge in [0.1, 0.15) is 17.2 Å². The molecular weight excluding hydrogens is 258 g/mol. The molecule has 1 aliphatic rings. The smallest absolute Gasteiger partial charge is 0.274 e. The van der Waals surface area contributed by atoms with Gasteiger partial charge in [-0.05, 0) is 31.4 Å². The summed E-state index contributed by atoms with van der Waals surface area (Å²) >= 11 is 0. The van der Waals surface area contributed by atoms with Crippen molar-refractivity contribution in [3.63, 3.8) is 0 Å². The number of hydrazone groups is 1. The summed E-state index contributed by atoms with van der Waals surface area (Å²) in [7, 11) is 0. The van der Waals surface area contributed by atoms with Gasteiger partial charge in [0.2, 0.25) is 5.95 Å². The molecule has 2 N–H and O–H groups in total. The van der Waals surface area contributed by atoms with Crippen LogP contribution in [0.3, 0.4) is 0 Å². The van der Waals surface area contributed by atoms with E-state index in [2.05, 4.69) is 32.6 Å². The third kappa shape index (κ3) is 2.61. The maximum atomic E-state index is 11.3. The van der Waals surface area contributed by atoms with Crippen LogP contribution >= 0.6 is 0 Å². The van der Waals surface area contributed by atoms with E-state index in [0.717, 1.165) is 5.76 Å². The van der Waals surface area contributed by atoms with Gasteiger partial charge < -0.3 is 4.42 Å². The Hall–Kier alpha value is -2.44. The number of hydrogen-bond donors (Lipinski definition) is 2. The molecule has 7 nitrogen and oxygen atoms in total. The highest BCUT2D eigenvalue weighted by molar-refractivity contribution is 5.76. The molecule has 0 aliphatic heterocycles. The first-order chi connectivity index (χ1) is 9.63. The van der Waals surface area contributed by atoms with Crippen molar-refractivity contribution >= 4 is 12.2 Å². The van der Waals surface area contributed by atoms with E-state index in [1.807, 2.05) is 12.1 Å². The van der Waals surface area contributed by atoms with Crippen molar-refractivity contribution < 1.29 is 4.42 Å². The number of H-pyrrole nitrogens is 1. The molecule has 3 rings (SSSR count). The minimum Gasteiger partial charge on any atom is -0.460 e. The molecule has 0 radical (unpaired) electrons. The Morgan fingerprint density at radius 3 is 3.00 bits per heavy atom. The van der Waals surface area contributed by atoms with E-state index in [0.29, 0.717) is 23.3 Å². The molecule has 1 aliphatic carbocycles. The van der Waals surface area contributed by atoms with Crippen LogP contribution in [0.2, 0.25) is 0 Å². The molecular formula is C13H15N5O2. The number of aromatic nitrogens is 3. The second-order valence-corrected chi connectivity index (χ2v) is 5.02. The second-order valence-electron chi connectivity index (χ2n) is 5.02. The van der Waals surface area contributed by atoms with Crippen LogP contribution in [0.25, 0.3) is 0 Å². The highest BCUT2D eigenvalue weighted by Crippen LogP contribution is 2.47. The van der Waals surface area contributed by atoms with Crippen LogP contribution in [0.15, 0.2) is 26.4 Å². The number of aryl methyl sites for hydroxylation is 1. The van der Waals surface area contributed by atoms with Gasteiger partial charge >= 0.3 is 0 Å². The van der Waals surface area contributed by atoms with E-state index in [4.69, 9.17) is 4.42 Å². The number of hydrogen-bond acceptors (Lipinski definition) is 6. The van der Waals surface area contributed by atoms with Crippen LogP contribution in [0, 0.1) is 12.8 Å². The van der Waals surface area contributed by atoms with Gasteiger partial charge in [0, 0.05) is 5.92 Å². The molecule has 0 aromatic carbocycles. The molecule has 0 unspecified atom stereocenters. The Balaban J connectivity index is 1.63. The van der Waals surface area contributed by atoms with Crippen molar-refractivity contribution in [2.45, 2.75) is 26.2 Å². The molecule has 0 amide bonds. The zero-order valence-electron chi connectivity index (χ0n) is 11.3. The first kappa shape index (κ1) is 12.6. The summed E-state index contributed by atoms with van der Waals surface area (Å²) in [6.07, 6.45) is 2.72. The summed E-state index contributed by atoms with van der Waals surface area (Å²) < 4.78 is 5.66. The summed E-state index contributed by atoms with van der Waals surface area (Å²) in [5.41, 5.74) is 2.63. The van der Waals surface area contributed by atoms with Crippen molar-refractivity contribution in [2.75, 3.05) is 5.43 Å². The zero-order valence-corrected chi connectivity index (χ0v) is 11.3. The number of furan rings is 1. The summed E-state index contributed by atoms with van der Waals surface area (Å²) in [4.78, 5) is 13.8. The van der Waals surface area contributed by atoms with E-state index in [-0.39, 0.29) is 11.5 Å². The molecule has 0 saturated heterocycles. The van der Waals surface area contributed by atoms with Crippen LogP contribution in [0.1, 0.15) is 36.5 Å². The maximum Gasteiger partial charge on any atom is 0.274 e. The maximum absolute atomic E-state index is 11.3. The molecule has 0 spiro atoms. The molecule has 2 heterocycles. The third-order valence-corrected chi connectivity index (χ3v) is 3.35. The van der Waals surface area contributed by atoms with Gasteiger partial charge in [-0.3, -0.25) is 9.78 Å². The molecule has 104 valence electrons. The molecule has 7 heteroatoms. The van der Waals surface area contributed by atoms with E-state index in [9.17, 15) is 4.79 Å². The van der Waals surface area contributed by atoms with Gasteiger partial charge in [-0.1, -0.05) is 6.92 Å². The van der Waals surface area contributed by atoms with Gasteiger partial charge in [-0.2, -0.15) is 5.10 Å². The lowest BCUT2D eigenvalue weighted by Crippen LogP contribution is -2.15. The molecule has 1 fully saturated rings. The largest absolute Gasteiger partial charge is 0.460 e. The first-order valence-electron chi connectivity index (χ1n) is 6.46. The molecule has 2 aromatic heterocycles. The fourth-order valence-electron chi connectivity index (χ4n) is 1.96. The number of rotatable bonds is 4. The average molecular weight is 273 g/mol. The van der Waals surface area contributed by atoms with E-state index in [1.54, 1.807) is 6.92 Å². The van der Waals surface area contributed by atoms with Gasteiger partial charge in [0.25, 0.3) is 5.56 Å². The van der Waals surface area contributed by atoms with Crippen LogP contribution in [-0.2, 0) is 0 Å². The quantitative estimate of drug-likeness (QED) is 0.652. The van der Waals surface area contributed by atoms with Crippen molar-refractivity contribution in [3.05, 3.63) is 39.7 Å². The Bertz CT molecular complexity index is 703. The van der Waals surface area contributed by atoms with Gasteiger partial charge in [-0.25, -0.2) is 5.43 Å². The van der Waals surface area contributed by atoms with Gasteiger partial charge in [-0.15, -0.1) is 10.2 Å². The fraction of sp³-hybridized carbons (Fsp3) is 0.385. The molecule has 0 bridgehead atoms. The van der Waals surface area contributed by atoms with E-state index in [1.165, 1.54) is 12.6 Å². The molecule has 2 atom stereocenters. The Morgan fingerprint density at radius 2 is 2.30 bits per heavy atom. The van der Waals surface area contributed by atoms with E-state index >= 15 is 0 Å². The number of aromatic amines is 1. The number of nitrogens with zero attached hydrogens (tertiary/aromatic N) is 3. The highest BCUT2D eigenvalue weighted by atomic mass is 16.3. The normalized spacial score (nSPS) is 21.3. The van der Waals surface area contributed by atoms with Gasteiger partial charge in [0.15, 0.2) is 0 Å². The highest BCUT2D eigenvalue weighted by Gasteiger charge is 2.36. The van der Waals surface area contributed by atoms with Gasteiger partial charge in [0.05, 0.1) is 6.21 Å². The van der Waals surface area contributed by atoms with Crippen LogP contribution in [-0.4, -0.2) is 21.4 Å². The lowest BCUT2D eigenvalue weighted by molar-refractivity contribution is 0.500. The van der Waals surface area contributed by atoms with Crippen molar-refractivity contribution in [1.29, 1.82) is 0 Å². The van der Waals surface area contributed by atoms with Crippen LogP contribution in [0.5, 0.6) is 0 Å². The summed E-state index contributed by atoms with van der Waals surface area (Å²) in [5.74, 6) is 3.11. The van der Waals surface area contributed by atoms with Crippen molar-refractivity contribution in [2.24, 2.45) is 11.0 Å². The van der Waals surface area contributed by atoms with E-state index < -0.39 is 0 Å².